The first-order valence-corrected chi connectivity index (χ1v) is 25.1. The zero-order chi connectivity index (χ0) is 46.8. The smallest absolute Gasteiger partial charge is 0.0546 e. The van der Waals surface area contributed by atoms with Gasteiger partial charge < -0.3 is 9.47 Å². The Morgan fingerprint density at radius 1 is 0.296 bits per heavy atom. The van der Waals surface area contributed by atoms with Crippen LogP contribution in [0.1, 0.15) is 0 Å². The molecule has 0 radical (unpaired) electrons. The molecule has 0 aliphatic rings. The quantitative estimate of drug-likeness (QED) is 0.138. The largest absolute Gasteiger partial charge is 0.310 e. The highest BCUT2D eigenvalue weighted by molar-refractivity contribution is 7.26. The number of anilines is 3. The van der Waals surface area contributed by atoms with Crippen molar-refractivity contribution in [3.63, 3.8) is 0 Å². The van der Waals surface area contributed by atoms with Crippen LogP contribution in [0.2, 0.25) is 0 Å². The average Bonchev–Trinajstić information content (AvgIpc) is 4.00. The monoisotopic (exact) mass is 920 g/mol. The van der Waals surface area contributed by atoms with Gasteiger partial charge in [-0.05, 0) is 116 Å². The molecular weight excluding hydrogens is 877 g/mol. The highest BCUT2D eigenvalue weighted by atomic mass is 32.1. The van der Waals surface area contributed by atoms with Gasteiger partial charge in [-0.15, -0.1) is 11.3 Å². The molecule has 0 saturated heterocycles. The van der Waals surface area contributed by atoms with Gasteiger partial charge in [0, 0.05) is 53.4 Å². The van der Waals surface area contributed by atoms with E-state index < -0.39 is 0 Å². The summed E-state index contributed by atoms with van der Waals surface area (Å²) in [6, 6.07) is 98.1. The summed E-state index contributed by atoms with van der Waals surface area (Å²) in [6.07, 6.45) is 0. The number of fused-ring (bicyclic) bond motifs is 9. The Bertz CT molecular complexity index is 4300. The molecule has 71 heavy (non-hydrogen) atoms. The minimum Gasteiger partial charge on any atom is -0.310 e. The highest BCUT2D eigenvalue weighted by Crippen LogP contribution is 2.47. The highest BCUT2D eigenvalue weighted by Gasteiger charge is 2.22. The van der Waals surface area contributed by atoms with Gasteiger partial charge in [0.1, 0.15) is 0 Å². The maximum Gasteiger partial charge on any atom is 0.0546 e. The predicted molar refractivity (Wildman–Crippen MR) is 305 cm³/mol. The molecule has 12 aromatic carbocycles. The maximum absolute atomic E-state index is 2.48. The summed E-state index contributed by atoms with van der Waals surface area (Å²) in [5, 5.41) is 10.1. The Hall–Kier alpha value is -9.02. The van der Waals surface area contributed by atoms with Crippen molar-refractivity contribution in [1.82, 2.24) is 4.57 Å². The van der Waals surface area contributed by atoms with Gasteiger partial charge in [0.05, 0.1) is 22.4 Å². The van der Waals surface area contributed by atoms with Gasteiger partial charge in [0.25, 0.3) is 0 Å². The van der Waals surface area contributed by atoms with E-state index in [1.54, 1.807) is 0 Å². The number of thiophene rings is 1. The number of hydrogen-bond acceptors (Lipinski definition) is 2. The van der Waals surface area contributed by atoms with Crippen molar-refractivity contribution in [2.24, 2.45) is 0 Å². The van der Waals surface area contributed by atoms with Crippen LogP contribution in [0, 0.1) is 0 Å². The molecule has 0 spiro atoms. The van der Waals surface area contributed by atoms with Crippen LogP contribution in [0.4, 0.5) is 17.1 Å². The van der Waals surface area contributed by atoms with Gasteiger partial charge in [0.15, 0.2) is 0 Å². The third kappa shape index (κ3) is 6.85. The van der Waals surface area contributed by atoms with Crippen LogP contribution in [-0.4, -0.2) is 4.57 Å². The average molecular weight is 921 g/mol. The van der Waals surface area contributed by atoms with Crippen LogP contribution in [0.25, 0.3) is 114 Å². The molecular formula is C68H44N2S. The molecule has 0 atom stereocenters. The molecule has 0 saturated carbocycles. The van der Waals surface area contributed by atoms with Gasteiger partial charge in [-0.2, -0.15) is 0 Å². The predicted octanol–water partition coefficient (Wildman–Crippen LogP) is 19.6. The number of aromatic nitrogens is 1. The third-order valence-electron chi connectivity index (χ3n) is 14.4. The lowest BCUT2D eigenvalue weighted by Crippen LogP contribution is -2.11. The number of rotatable bonds is 8. The standard InChI is InChI=1S/C68H44N2S/c1-2-18-45(19-3-1)54-41-38-49(62-43-48-20-4-5-23-52(48)56-25-6-7-26-57(56)62)44-66(54)69(51-22-16-21-47(42-51)55-30-17-31-61-60-29-11-15-35-67(60)71-68(55)61)50-39-36-46(37-40-50)53-24-8-12-32-63(53)70-64-33-13-9-27-58(64)59-28-10-14-34-65(59)70/h1-44H. The summed E-state index contributed by atoms with van der Waals surface area (Å²) in [6.45, 7) is 0. The summed E-state index contributed by atoms with van der Waals surface area (Å²) in [4.78, 5) is 2.48. The van der Waals surface area contributed by atoms with Crippen LogP contribution in [-0.2, 0) is 0 Å². The van der Waals surface area contributed by atoms with E-state index in [0.717, 1.165) is 45.0 Å². The van der Waals surface area contributed by atoms with Crippen molar-refractivity contribution in [1.29, 1.82) is 0 Å². The molecule has 0 fully saturated rings. The third-order valence-corrected chi connectivity index (χ3v) is 15.6. The molecule has 0 N–H and O–H groups in total. The van der Waals surface area contributed by atoms with Crippen LogP contribution in [0.15, 0.2) is 267 Å². The minimum atomic E-state index is 1.07. The molecule has 0 aliphatic carbocycles. The molecule has 0 aliphatic heterocycles. The lowest BCUT2D eigenvalue weighted by Gasteiger charge is -2.29. The first kappa shape index (κ1) is 41.0. The first-order valence-electron chi connectivity index (χ1n) is 24.3. The van der Waals surface area contributed by atoms with Gasteiger partial charge in [0.2, 0.25) is 0 Å². The van der Waals surface area contributed by atoms with E-state index in [1.165, 1.54) is 85.8 Å². The van der Waals surface area contributed by atoms with Gasteiger partial charge in [-0.25, -0.2) is 0 Å². The van der Waals surface area contributed by atoms with Gasteiger partial charge >= 0.3 is 0 Å². The fraction of sp³-hybridized carbons (Fsp3) is 0. The molecule has 2 aromatic heterocycles. The summed E-state index contributed by atoms with van der Waals surface area (Å²) >= 11 is 1.88. The fourth-order valence-electron chi connectivity index (χ4n) is 11.1. The lowest BCUT2D eigenvalue weighted by molar-refractivity contribution is 1.18. The van der Waals surface area contributed by atoms with E-state index in [-0.39, 0.29) is 0 Å². The molecule has 0 unspecified atom stereocenters. The van der Waals surface area contributed by atoms with Crippen LogP contribution in [0.5, 0.6) is 0 Å². The molecule has 14 aromatic rings. The Morgan fingerprint density at radius 2 is 0.859 bits per heavy atom. The Labute approximate surface area is 416 Å². The van der Waals surface area contributed by atoms with Crippen LogP contribution in [0.3, 0.4) is 0 Å². The van der Waals surface area contributed by atoms with E-state index in [1.807, 2.05) is 11.3 Å². The van der Waals surface area contributed by atoms with Crippen molar-refractivity contribution >= 4 is 91.9 Å². The molecule has 3 heteroatoms. The fourth-order valence-corrected chi connectivity index (χ4v) is 12.4. The van der Waals surface area contributed by atoms with Crippen molar-refractivity contribution < 1.29 is 0 Å². The van der Waals surface area contributed by atoms with Gasteiger partial charge in [-0.1, -0.05) is 206 Å². The number of benzene rings is 12. The zero-order valence-corrected chi connectivity index (χ0v) is 39.5. The summed E-state index contributed by atoms with van der Waals surface area (Å²) in [5.74, 6) is 0. The van der Waals surface area contributed by atoms with E-state index in [0.29, 0.717) is 0 Å². The van der Waals surface area contributed by atoms with Crippen molar-refractivity contribution in [2.75, 3.05) is 4.90 Å². The molecule has 0 amide bonds. The molecule has 14 rings (SSSR count). The van der Waals surface area contributed by atoms with Gasteiger partial charge in [-0.3, -0.25) is 0 Å². The SMILES string of the molecule is c1ccc(-c2ccc(-c3cc4ccccc4c4ccccc34)cc2N(c2ccc(-c3ccccc3-n3c4ccccc4c4ccccc43)cc2)c2cccc(-c3cccc4c3sc3ccccc34)c2)cc1. The Kier molecular flexibility index (Phi) is 9.75. The molecule has 2 nitrogen and oxygen atoms in total. The summed E-state index contributed by atoms with van der Waals surface area (Å²) < 4.78 is 5.04. The Morgan fingerprint density at radius 3 is 1.66 bits per heavy atom. The molecule has 0 bridgehead atoms. The number of hydrogen-bond donors (Lipinski definition) is 0. The second kappa shape index (κ2) is 16.9. The molecule has 2 heterocycles. The summed E-state index contributed by atoms with van der Waals surface area (Å²) in [7, 11) is 0. The van der Waals surface area contributed by atoms with Crippen LogP contribution >= 0.6 is 11.3 Å². The second-order valence-corrected chi connectivity index (χ2v) is 19.4. The van der Waals surface area contributed by atoms with E-state index in [9.17, 15) is 0 Å². The second-order valence-electron chi connectivity index (χ2n) is 18.4. The Balaban J connectivity index is 0.988. The van der Waals surface area contributed by atoms with E-state index in [4.69, 9.17) is 0 Å². The first-order chi connectivity index (χ1) is 35.2. The van der Waals surface area contributed by atoms with Crippen molar-refractivity contribution in [2.45, 2.75) is 0 Å². The lowest BCUT2D eigenvalue weighted by atomic mass is 9.91. The molecule has 332 valence electrons. The van der Waals surface area contributed by atoms with E-state index >= 15 is 0 Å². The number of nitrogens with zero attached hydrogens (tertiary/aromatic N) is 2. The van der Waals surface area contributed by atoms with Crippen LogP contribution < -0.4 is 4.90 Å². The van der Waals surface area contributed by atoms with E-state index in [2.05, 4.69) is 276 Å². The maximum atomic E-state index is 2.48. The minimum absolute atomic E-state index is 1.07. The normalized spacial score (nSPS) is 11.7. The number of para-hydroxylation sites is 3. The summed E-state index contributed by atoms with van der Waals surface area (Å²) in [5.41, 5.74) is 16.2. The topological polar surface area (TPSA) is 8.17 Å². The van der Waals surface area contributed by atoms with Crippen molar-refractivity contribution in [3.05, 3.63) is 267 Å². The zero-order valence-electron chi connectivity index (χ0n) is 38.7. The van der Waals surface area contributed by atoms with Crippen molar-refractivity contribution in [3.8, 4) is 50.2 Å².